The number of rotatable bonds is 3. The number of benzene rings is 2. The van der Waals surface area contributed by atoms with Crippen LogP contribution in [0.25, 0.3) is 10.2 Å². The van der Waals surface area contributed by atoms with Gasteiger partial charge in [0.15, 0.2) is 5.13 Å². The van der Waals surface area contributed by atoms with Crippen LogP contribution in [-0.2, 0) is 0 Å². The molecule has 4 rings (SSSR count). The van der Waals surface area contributed by atoms with Gasteiger partial charge in [0.2, 0.25) is 0 Å². The third-order valence-electron chi connectivity index (χ3n) is 4.91. The third kappa shape index (κ3) is 3.41. The van der Waals surface area contributed by atoms with E-state index >= 15 is 0 Å². The summed E-state index contributed by atoms with van der Waals surface area (Å²) >= 11 is 7.63. The highest BCUT2D eigenvalue weighted by Gasteiger charge is 2.26. The Balaban J connectivity index is 1.48. The summed E-state index contributed by atoms with van der Waals surface area (Å²) in [6.45, 7) is 4.02. The van der Waals surface area contributed by atoms with Gasteiger partial charge in [-0.05, 0) is 31.2 Å². The molecule has 1 aliphatic heterocycles. The molecule has 0 aliphatic carbocycles. The maximum atomic E-state index is 12.9. The Kier molecular flexibility index (Phi) is 4.91. The zero-order valence-corrected chi connectivity index (χ0v) is 16.7. The molecule has 0 radical (unpaired) electrons. The first-order valence-corrected chi connectivity index (χ1v) is 9.98. The second-order valence-electron chi connectivity index (χ2n) is 6.59. The van der Waals surface area contributed by atoms with Crippen molar-refractivity contribution in [3.63, 3.8) is 0 Å². The summed E-state index contributed by atoms with van der Waals surface area (Å²) in [5.74, 6) is -0.170. The van der Waals surface area contributed by atoms with Gasteiger partial charge in [-0.2, -0.15) is 0 Å². The average Bonchev–Trinajstić information content (AvgIpc) is 3.10. The highest BCUT2D eigenvalue weighted by atomic mass is 35.5. The number of halogens is 1. The molecule has 1 aliphatic rings. The number of hydrogen-bond donors (Lipinski definition) is 0. The minimum Gasteiger partial charge on any atom is -0.345 e. The van der Waals surface area contributed by atoms with E-state index in [-0.39, 0.29) is 11.6 Å². The van der Waals surface area contributed by atoms with Crippen LogP contribution in [0.3, 0.4) is 0 Å². The molecule has 0 saturated carbocycles. The van der Waals surface area contributed by atoms with E-state index in [1.165, 1.54) is 6.07 Å². The lowest BCUT2D eigenvalue weighted by molar-refractivity contribution is -0.385. The molecule has 3 aromatic rings. The lowest BCUT2D eigenvalue weighted by atomic mass is 10.1. The van der Waals surface area contributed by atoms with Gasteiger partial charge in [0, 0.05) is 48.4 Å². The molecular weight excluding hydrogens is 400 g/mol. The summed E-state index contributed by atoms with van der Waals surface area (Å²) in [4.78, 5) is 32.1. The molecule has 0 unspecified atom stereocenters. The normalized spacial score (nSPS) is 14.5. The molecule has 1 saturated heterocycles. The number of nitro benzene ring substituents is 1. The van der Waals surface area contributed by atoms with E-state index in [4.69, 9.17) is 11.6 Å². The van der Waals surface area contributed by atoms with Crippen molar-refractivity contribution in [1.29, 1.82) is 0 Å². The van der Waals surface area contributed by atoms with Crippen molar-refractivity contribution in [2.75, 3.05) is 31.1 Å². The number of piperazine rings is 1. The van der Waals surface area contributed by atoms with Crippen molar-refractivity contribution in [3.8, 4) is 0 Å². The van der Waals surface area contributed by atoms with Gasteiger partial charge >= 0.3 is 0 Å². The summed E-state index contributed by atoms with van der Waals surface area (Å²) in [6.07, 6.45) is 0. The molecule has 0 bridgehead atoms. The molecule has 2 heterocycles. The number of carbonyl (C=O) groups is 1. The molecular formula is C19H17ClN4O3S. The molecule has 2 aromatic carbocycles. The van der Waals surface area contributed by atoms with Gasteiger partial charge in [-0.15, -0.1) is 0 Å². The van der Waals surface area contributed by atoms with E-state index < -0.39 is 4.92 Å². The summed E-state index contributed by atoms with van der Waals surface area (Å²) in [5, 5.41) is 12.7. The topological polar surface area (TPSA) is 79.6 Å². The fourth-order valence-corrected chi connectivity index (χ4v) is 4.64. The van der Waals surface area contributed by atoms with Crippen molar-refractivity contribution in [1.82, 2.24) is 9.88 Å². The number of carbonyl (C=O) groups excluding carboxylic acids is 1. The van der Waals surface area contributed by atoms with E-state index in [1.54, 1.807) is 35.3 Å². The van der Waals surface area contributed by atoms with Crippen LogP contribution in [-0.4, -0.2) is 46.9 Å². The summed E-state index contributed by atoms with van der Waals surface area (Å²) < 4.78 is 1.04. The fourth-order valence-electron chi connectivity index (χ4n) is 3.35. The SMILES string of the molecule is Cc1c(C(=O)N2CCN(c3nc4ccc(Cl)cc4s3)CC2)cccc1[N+](=O)[O-]. The van der Waals surface area contributed by atoms with Gasteiger partial charge in [-0.25, -0.2) is 4.98 Å². The number of anilines is 1. The van der Waals surface area contributed by atoms with E-state index in [0.29, 0.717) is 42.3 Å². The minimum absolute atomic E-state index is 0.0300. The third-order valence-corrected chi connectivity index (χ3v) is 6.22. The molecule has 1 amide bonds. The number of fused-ring (bicyclic) bond motifs is 1. The van der Waals surface area contributed by atoms with Gasteiger partial charge in [-0.3, -0.25) is 14.9 Å². The zero-order valence-electron chi connectivity index (χ0n) is 15.1. The fraction of sp³-hybridized carbons (Fsp3) is 0.263. The molecule has 144 valence electrons. The monoisotopic (exact) mass is 416 g/mol. The van der Waals surface area contributed by atoms with E-state index in [1.807, 2.05) is 18.2 Å². The number of nitrogens with zero attached hydrogens (tertiary/aromatic N) is 4. The predicted octanol–water partition coefficient (Wildman–Crippen LogP) is 4.13. The molecule has 9 heteroatoms. The first-order valence-electron chi connectivity index (χ1n) is 8.78. The van der Waals surface area contributed by atoms with Crippen LogP contribution < -0.4 is 4.90 Å². The van der Waals surface area contributed by atoms with Gasteiger partial charge < -0.3 is 9.80 Å². The standard InChI is InChI=1S/C19H17ClN4O3S/c1-12-14(3-2-4-16(12)24(26)27)18(25)22-7-9-23(10-8-22)19-21-15-6-5-13(20)11-17(15)28-19/h2-6,11H,7-10H2,1H3. The van der Waals surface area contributed by atoms with Crippen LogP contribution in [0.15, 0.2) is 36.4 Å². The van der Waals surface area contributed by atoms with Gasteiger partial charge in [0.25, 0.3) is 11.6 Å². The molecule has 1 aromatic heterocycles. The summed E-state index contributed by atoms with van der Waals surface area (Å²) in [6, 6.07) is 10.3. The Morgan fingerprint density at radius 3 is 2.68 bits per heavy atom. The molecule has 0 atom stereocenters. The Labute approximate surface area is 170 Å². The molecule has 1 fully saturated rings. The van der Waals surface area contributed by atoms with Crippen LogP contribution >= 0.6 is 22.9 Å². The van der Waals surface area contributed by atoms with E-state index in [9.17, 15) is 14.9 Å². The van der Waals surface area contributed by atoms with Crippen molar-refractivity contribution >= 4 is 49.9 Å². The highest BCUT2D eigenvalue weighted by molar-refractivity contribution is 7.22. The molecule has 0 N–H and O–H groups in total. The van der Waals surface area contributed by atoms with Gasteiger partial charge in [0.1, 0.15) is 0 Å². The van der Waals surface area contributed by atoms with Crippen LogP contribution in [0.1, 0.15) is 15.9 Å². The van der Waals surface area contributed by atoms with Gasteiger partial charge in [-0.1, -0.05) is 29.0 Å². The number of aromatic nitrogens is 1. The van der Waals surface area contributed by atoms with Crippen LogP contribution in [0.2, 0.25) is 5.02 Å². The van der Waals surface area contributed by atoms with Crippen molar-refractivity contribution in [2.24, 2.45) is 0 Å². The lowest BCUT2D eigenvalue weighted by Gasteiger charge is -2.34. The largest absolute Gasteiger partial charge is 0.345 e. The smallest absolute Gasteiger partial charge is 0.273 e. The van der Waals surface area contributed by atoms with Crippen molar-refractivity contribution < 1.29 is 9.72 Å². The number of amides is 1. The number of nitro groups is 1. The molecule has 0 spiro atoms. The number of hydrogen-bond acceptors (Lipinski definition) is 6. The second kappa shape index (κ2) is 7.37. The zero-order chi connectivity index (χ0) is 19.8. The summed E-state index contributed by atoms with van der Waals surface area (Å²) in [5.41, 5.74) is 1.67. The Morgan fingerprint density at radius 2 is 1.96 bits per heavy atom. The van der Waals surface area contributed by atoms with Crippen LogP contribution in [0.5, 0.6) is 0 Å². The van der Waals surface area contributed by atoms with E-state index in [2.05, 4.69) is 9.88 Å². The minimum atomic E-state index is -0.455. The lowest BCUT2D eigenvalue weighted by Crippen LogP contribution is -2.48. The Bertz CT molecular complexity index is 1080. The first-order chi connectivity index (χ1) is 13.4. The van der Waals surface area contributed by atoms with Crippen molar-refractivity contribution in [3.05, 3.63) is 62.7 Å². The quantitative estimate of drug-likeness (QED) is 0.473. The Morgan fingerprint density at radius 1 is 1.21 bits per heavy atom. The maximum absolute atomic E-state index is 12.9. The first kappa shape index (κ1) is 18.6. The molecule has 7 nitrogen and oxygen atoms in total. The summed E-state index contributed by atoms with van der Waals surface area (Å²) in [7, 11) is 0. The average molecular weight is 417 g/mol. The van der Waals surface area contributed by atoms with E-state index in [0.717, 1.165) is 15.3 Å². The Hall–Kier alpha value is -2.71. The van der Waals surface area contributed by atoms with Crippen molar-refractivity contribution in [2.45, 2.75) is 6.92 Å². The van der Waals surface area contributed by atoms with Crippen LogP contribution in [0.4, 0.5) is 10.8 Å². The maximum Gasteiger partial charge on any atom is 0.273 e. The van der Waals surface area contributed by atoms with Gasteiger partial charge in [0.05, 0.1) is 15.1 Å². The second-order valence-corrected chi connectivity index (χ2v) is 8.04. The highest BCUT2D eigenvalue weighted by Crippen LogP contribution is 2.31. The van der Waals surface area contributed by atoms with Crippen LogP contribution in [0, 0.1) is 17.0 Å². The molecule has 28 heavy (non-hydrogen) atoms. The number of thiazole rings is 1. The predicted molar refractivity (Wildman–Crippen MR) is 111 cm³/mol.